The molecule has 0 radical (unpaired) electrons. The van der Waals surface area contributed by atoms with E-state index in [0.717, 1.165) is 27.7 Å². The molecule has 0 saturated heterocycles. The topological polar surface area (TPSA) is 73.3 Å². The van der Waals surface area contributed by atoms with Gasteiger partial charge in [0.1, 0.15) is 7.05 Å². The van der Waals surface area contributed by atoms with Crippen LogP contribution in [0.4, 0.5) is 11.4 Å². The average molecular weight is 619 g/mol. The third-order valence-corrected chi connectivity index (χ3v) is 10.8. The van der Waals surface area contributed by atoms with E-state index in [4.69, 9.17) is 0 Å². The fraction of sp³-hybridized carbons (Fsp3) is 0.359. The summed E-state index contributed by atoms with van der Waals surface area (Å²) in [7, 11) is 6.98. The molecule has 0 aliphatic carbocycles. The molecule has 7 nitrogen and oxygen atoms in total. The van der Waals surface area contributed by atoms with Crippen LogP contribution in [0.5, 0.6) is 5.88 Å². The molecule has 7 heteroatoms. The zero-order valence-electron chi connectivity index (χ0n) is 29.4. The molecule has 3 heterocycles. The predicted molar refractivity (Wildman–Crippen MR) is 188 cm³/mol. The van der Waals surface area contributed by atoms with Crippen LogP contribution in [0.2, 0.25) is 0 Å². The van der Waals surface area contributed by atoms with Gasteiger partial charge in [0, 0.05) is 56.2 Å². The standard InChI is InChI=1S/C39H46N4O3/c1-21-23(3)27(7)35-32(25(21)5)19-30(40(35)9)16-14-13-15-29(34-37(44)42(11)39(46)43(12)38(34)45)17-18-31-20-33-26(6)22(2)24(4)28(8)36(33)41(31)10/h13-18H,19-20H2,1-12H3. The van der Waals surface area contributed by atoms with Crippen LogP contribution in [0.3, 0.4) is 0 Å². The first-order chi connectivity index (χ1) is 21.6. The van der Waals surface area contributed by atoms with E-state index >= 15 is 0 Å². The van der Waals surface area contributed by atoms with Gasteiger partial charge in [0.15, 0.2) is 5.71 Å². The van der Waals surface area contributed by atoms with E-state index < -0.39 is 17.1 Å². The summed E-state index contributed by atoms with van der Waals surface area (Å²) in [5.41, 5.74) is 17.1. The van der Waals surface area contributed by atoms with Gasteiger partial charge < -0.3 is 14.6 Å². The lowest BCUT2D eigenvalue weighted by Crippen LogP contribution is -2.40. The minimum absolute atomic E-state index is 0.0291. The maximum absolute atomic E-state index is 13.4. The average Bonchev–Trinajstić information content (AvgIpc) is 3.55. The van der Waals surface area contributed by atoms with Gasteiger partial charge in [-0.15, -0.1) is 0 Å². The Balaban J connectivity index is 1.57. The number of likely N-dealkylation sites (N-methyl/N-ethyl adjacent to an activating group) is 1. The van der Waals surface area contributed by atoms with Crippen LogP contribution in [-0.2, 0) is 26.9 Å². The van der Waals surface area contributed by atoms with Crippen molar-refractivity contribution in [1.29, 1.82) is 0 Å². The van der Waals surface area contributed by atoms with Crippen LogP contribution in [0.1, 0.15) is 61.2 Å². The van der Waals surface area contributed by atoms with E-state index in [1.807, 2.05) is 24.3 Å². The maximum atomic E-state index is 13.4. The summed E-state index contributed by atoms with van der Waals surface area (Å²) in [4.78, 5) is 28.1. The first-order valence-corrected chi connectivity index (χ1v) is 15.8. The first kappa shape index (κ1) is 32.7. The number of rotatable bonds is 5. The van der Waals surface area contributed by atoms with Crippen molar-refractivity contribution in [3.05, 3.63) is 124 Å². The lowest BCUT2D eigenvalue weighted by atomic mass is 9.91. The van der Waals surface area contributed by atoms with Gasteiger partial charge in [0.25, 0.3) is 5.56 Å². The predicted octanol–water partition coefficient (Wildman–Crippen LogP) is 5.67. The minimum Gasteiger partial charge on any atom is -0.859 e. The lowest BCUT2D eigenvalue weighted by Gasteiger charge is -2.20. The Kier molecular flexibility index (Phi) is 8.49. The zero-order valence-corrected chi connectivity index (χ0v) is 29.4. The Bertz CT molecular complexity index is 2110. The van der Waals surface area contributed by atoms with E-state index in [2.05, 4.69) is 85.0 Å². The highest BCUT2D eigenvalue weighted by molar-refractivity contribution is 5.99. The molecule has 0 unspecified atom stereocenters. The summed E-state index contributed by atoms with van der Waals surface area (Å²) in [6.07, 6.45) is 13.1. The molecule has 0 spiro atoms. The second kappa shape index (κ2) is 11.9. The van der Waals surface area contributed by atoms with Gasteiger partial charge in [0.2, 0.25) is 5.69 Å². The van der Waals surface area contributed by atoms with Gasteiger partial charge in [-0.3, -0.25) is 9.36 Å². The molecule has 0 saturated carbocycles. The normalized spacial score (nSPS) is 15.8. The van der Waals surface area contributed by atoms with Crippen molar-refractivity contribution in [3.63, 3.8) is 0 Å². The smallest absolute Gasteiger partial charge is 0.329 e. The molecule has 2 aliphatic rings. The Morgan fingerprint density at radius 1 is 0.739 bits per heavy atom. The molecule has 0 atom stereocenters. The molecule has 1 aromatic heterocycles. The van der Waals surface area contributed by atoms with Crippen LogP contribution in [0.15, 0.2) is 51.7 Å². The van der Waals surface area contributed by atoms with Crippen molar-refractivity contribution >= 4 is 22.7 Å². The van der Waals surface area contributed by atoms with Gasteiger partial charge in [-0.2, -0.15) is 4.58 Å². The van der Waals surface area contributed by atoms with Crippen LogP contribution in [-0.4, -0.2) is 33.5 Å². The lowest BCUT2D eigenvalue weighted by molar-refractivity contribution is -0.401. The SMILES string of the molecule is Cc1c(C)c(C)c2c(c1C)CC(=CC=C/C=C(/C=CC1=[N+](C)c3c(C)c(C)c(C)c(C)c3C1)c1c([O-])n(C)c(=O)n(C)c1=O)N2C. The quantitative estimate of drug-likeness (QED) is 0.273. The van der Waals surface area contributed by atoms with Crippen molar-refractivity contribution in [1.82, 2.24) is 9.13 Å². The second-order valence-corrected chi connectivity index (χ2v) is 13.0. The van der Waals surface area contributed by atoms with E-state index in [9.17, 15) is 14.7 Å². The largest absolute Gasteiger partial charge is 0.859 e. The molecular weight excluding hydrogens is 572 g/mol. The zero-order chi connectivity index (χ0) is 33.9. The van der Waals surface area contributed by atoms with Gasteiger partial charge in [0.05, 0.1) is 12.0 Å². The van der Waals surface area contributed by atoms with Gasteiger partial charge in [-0.25, -0.2) is 4.79 Å². The minimum atomic E-state index is -0.640. The first-order valence-electron chi connectivity index (χ1n) is 15.8. The summed E-state index contributed by atoms with van der Waals surface area (Å²) in [5, 5.41) is 13.4. The summed E-state index contributed by atoms with van der Waals surface area (Å²) in [6, 6.07) is 0. The maximum Gasteiger partial charge on any atom is 0.329 e. The highest BCUT2D eigenvalue weighted by Gasteiger charge is 2.31. The van der Waals surface area contributed by atoms with Gasteiger partial charge >= 0.3 is 5.69 Å². The molecule has 0 fully saturated rings. The molecule has 0 N–H and O–H groups in total. The molecule has 0 bridgehead atoms. The van der Waals surface area contributed by atoms with Crippen molar-refractivity contribution in [3.8, 4) is 5.88 Å². The Morgan fingerprint density at radius 3 is 1.98 bits per heavy atom. The number of hydrogen-bond donors (Lipinski definition) is 0. The molecule has 5 rings (SSSR count). The van der Waals surface area contributed by atoms with Crippen LogP contribution in [0, 0.1) is 55.4 Å². The van der Waals surface area contributed by atoms with Crippen LogP contribution in [0.25, 0.3) is 5.57 Å². The van der Waals surface area contributed by atoms with Crippen molar-refractivity contribution in [2.75, 3.05) is 19.0 Å². The molecule has 2 aliphatic heterocycles. The van der Waals surface area contributed by atoms with Gasteiger partial charge in [-0.05, 0) is 124 Å². The second-order valence-electron chi connectivity index (χ2n) is 13.0. The summed E-state index contributed by atoms with van der Waals surface area (Å²) >= 11 is 0. The molecule has 46 heavy (non-hydrogen) atoms. The van der Waals surface area contributed by atoms with E-state index in [1.54, 1.807) is 6.08 Å². The van der Waals surface area contributed by atoms with Gasteiger partial charge in [-0.1, -0.05) is 18.2 Å². The Hall–Kier alpha value is -4.65. The number of benzene rings is 2. The highest BCUT2D eigenvalue weighted by Crippen LogP contribution is 2.41. The third-order valence-electron chi connectivity index (χ3n) is 10.8. The molecule has 0 amide bonds. The van der Waals surface area contributed by atoms with Crippen LogP contribution >= 0.6 is 0 Å². The van der Waals surface area contributed by atoms with Crippen LogP contribution < -0.4 is 21.3 Å². The van der Waals surface area contributed by atoms with E-state index in [-0.39, 0.29) is 5.56 Å². The molecule has 3 aromatic rings. The monoisotopic (exact) mass is 618 g/mol. The fourth-order valence-electron chi connectivity index (χ4n) is 7.12. The molecule has 240 valence electrons. The molecular formula is C39H46N4O3. The van der Waals surface area contributed by atoms with Crippen molar-refractivity contribution in [2.24, 2.45) is 14.1 Å². The Morgan fingerprint density at radius 2 is 1.33 bits per heavy atom. The van der Waals surface area contributed by atoms with E-state index in [0.29, 0.717) is 5.57 Å². The highest BCUT2D eigenvalue weighted by atomic mass is 16.3. The summed E-state index contributed by atoms with van der Waals surface area (Å²) < 4.78 is 4.19. The van der Waals surface area contributed by atoms with Crippen molar-refractivity contribution in [2.45, 2.75) is 68.2 Å². The number of allylic oxidation sites excluding steroid dienone is 8. The summed E-state index contributed by atoms with van der Waals surface area (Å²) in [6.45, 7) is 17.4. The molecule has 2 aromatic carbocycles. The van der Waals surface area contributed by atoms with Crippen molar-refractivity contribution < 1.29 is 9.68 Å². The fourth-order valence-corrected chi connectivity index (χ4v) is 7.12. The number of fused-ring (bicyclic) bond motifs is 2. The van der Waals surface area contributed by atoms with E-state index in [1.165, 1.54) is 86.8 Å². The third kappa shape index (κ3) is 5.02. The number of aromatic nitrogens is 2. The Labute approximate surface area is 272 Å². The number of anilines is 1. The number of hydrogen-bond acceptors (Lipinski definition) is 4. The summed E-state index contributed by atoms with van der Waals surface area (Å²) in [5.74, 6) is -0.607. The number of nitrogens with zero attached hydrogens (tertiary/aromatic N) is 4.